The second-order valence-corrected chi connectivity index (χ2v) is 5.92. The predicted molar refractivity (Wildman–Crippen MR) is 92.6 cm³/mol. The van der Waals surface area contributed by atoms with Crippen LogP contribution in [0.1, 0.15) is 5.56 Å². The van der Waals surface area contributed by atoms with Gasteiger partial charge < -0.3 is 5.73 Å². The van der Waals surface area contributed by atoms with Crippen molar-refractivity contribution >= 4 is 33.1 Å². The molecule has 0 fully saturated rings. The van der Waals surface area contributed by atoms with Crippen LogP contribution in [0.2, 0.25) is 0 Å². The minimum Gasteiger partial charge on any atom is -0.389 e. The average molecular weight is 358 g/mol. The molecule has 3 rings (SSSR count). The van der Waals surface area contributed by atoms with E-state index in [1.54, 1.807) is 4.68 Å². The van der Waals surface area contributed by atoms with Gasteiger partial charge in [-0.15, -0.1) is 0 Å². The molecule has 0 unspecified atom stereocenters. The smallest absolute Gasteiger partial charge is 0.106 e. The summed E-state index contributed by atoms with van der Waals surface area (Å²) in [7, 11) is 0. The summed E-state index contributed by atoms with van der Waals surface area (Å²) in [5.74, 6) is 0. The second-order valence-electron chi connectivity index (χ2n) is 4.57. The molecule has 1 aromatic heterocycles. The largest absolute Gasteiger partial charge is 0.389 e. The van der Waals surface area contributed by atoms with Gasteiger partial charge in [-0.1, -0.05) is 58.5 Å². The molecule has 0 aliphatic carbocycles. The van der Waals surface area contributed by atoms with Gasteiger partial charge in [0, 0.05) is 21.8 Å². The molecule has 5 heteroatoms. The van der Waals surface area contributed by atoms with Gasteiger partial charge >= 0.3 is 0 Å². The average Bonchev–Trinajstić information content (AvgIpc) is 2.97. The third kappa shape index (κ3) is 2.89. The summed E-state index contributed by atoms with van der Waals surface area (Å²) in [5, 5.41) is 4.42. The SMILES string of the molecule is NC(=S)c1cc(Br)ccc1-n1cc(-c2ccccc2)cn1. The molecule has 0 saturated heterocycles. The summed E-state index contributed by atoms with van der Waals surface area (Å²) in [5.41, 5.74) is 9.64. The van der Waals surface area contributed by atoms with E-state index >= 15 is 0 Å². The lowest BCUT2D eigenvalue weighted by Gasteiger charge is -2.08. The van der Waals surface area contributed by atoms with Crippen LogP contribution in [-0.2, 0) is 0 Å². The zero-order valence-corrected chi connectivity index (χ0v) is 13.4. The summed E-state index contributed by atoms with van der Waals surface area (Å²) in [6, 6.07) is 15.9. The summed E-state index contributed by atoms with van der Waals surface area (Å²) >= 11 is 8.56. The van der Waals surface area contributed by atoms with Crippen molar-refractivity contribution < 1.29 is 0 Å². The molecule has 21 heavy (non-hydrogen) atoms. The van der Waals surface area contributed by atoms with Crippen molar-refractivity contribution in [3.63, 3.8) is 0 Å². The fourth-order valence-electron chi connectivity index (χ4n) is 2.14. The molecular formula is C16H12BrN3S. The topological polar surface area (TPSA) is 43.8 Å². The summed E-state index contributed by atoms with van der Waals surface area (Å²) < 4.78 is 2.73. The van der Waals surface area contributed by atoms with Gasteiger partial charge in [0.2, 0.25) is 0 Å². The van der Waals surface area contributed by atoms with E-state index in [1.165, 1.54) is 0 Å². The number of rotatable bonds is 3. The van der Waals surface area contributed by atoms with E-state index in [0.29, 0.717) is 4.99 Å². The molecule has 3 nitrogen and oxygen atoms in total. The third-order valence-electron chi connectivity index (χ3n) is 3.16. The molecule has 0 spiro atoms. The highest BCUT2D eigenvalue weighted by Crippen LogP contribution is 2.23. The van der Waals surface area contributed by atoms with E-state index in [4.69, 9.17) is 18.0 Å². The van der Waals surface area contributed by atoms with E-state index < -0.39 is 0 Å². The number of aromatic nitrogens is 2. The Morgan fingerprint density at radius 1 is 1.10 bits per heavy atom. The first-order chi connectivity index (χ1) is 10.1. The molecular weight excluding hydrogens is 346 g/mol. The predicted octanol–water partition coefficient (Wildman–Crippen LogP) is 3.94. The monoisotopic (exact) mass is 357 g/mol. The summed E-state index contributed by atoms with van der Waals surface area (Å²) in [6.45, 7) is 0. The quantitative estimate of drug-likeness (QED) is 0.722. The molecule has 0 amide bonds. The fourth-order valence-corrected chi connectivity index (χ4v) is 2.66. The van der Waals surface area contributed by atoms with E-state index in [1.807, 2.05) is 48.8 Å². The molecule has 0 aliphatic rings. The van der Waals surface area contributed by atoms with E-state index in [9.17, 15) is 0 Å². The van der Waals surface area contributed by atoms with E-state index in [-0.39, 0.29) is 0 Å². The van der Waals surface area contributed by atoms with Crippen molar-refractivity contribution in [3.05, 3.63) is 71.0 Å². The molecule has 1 heterocycles. The van der Waals surface area contributed by atoms with Crippen molar-refractivity contribution in [2.24, 2.45) is 5.73 Å². The molecule has 0 atom stereocenters. The maximum absolute atomic E-state index is 5.81. The van der Waals surface area contributed by atoms with Gasteiger partial charge in [0.05, 0.1) is 11.9 Å². The number of hydrogen-bond acceptors (Lipinski definition) is 2. The normalized spacial score (nSPS) is 10.5. The minimum absolute atomic E-state index is 0.350. The fraction of sp³-hybridized carbons (Fsp3) is 0. The summed E-state index contributed by atoms with van der Waals surface area (Å²) in [6.07, 6.45) is 3.81. The van der Waals surface area contributed by atoms with Crippen molar-refractivity contribution in [1.29, 1.82) is 0 Å². The van der Waals surface area contributed by atoms with Gasteiger partial charge in [-0.05, 0) is 23.8 Å². The first kappa shape index (κ1) is 14.0. The molecule has 2 N–H and O–H groups in total. The third-order valence-corrected chi connectivity index (χ3v) is 3.87. The van der Waals surface area contributed by atoms with Crippen molar-refractivity contribution in [1.82, 2.24) is 9.78 Å². The number of halogens is 1. The van der Waals surface area contributed by atoms with Gasteiger partial charge in [-0.3, -0.25) is 0 Å². The Hall–Kier alpha value is -1.98. The lowest BCUT2D eigenvalue weighted by Crippen LogP contribution is -2.13. The van der Waals surface area contributed by atoms with Gasteiger partial charge in [0.15, 0.2) is 0 Å². The number of hydrogen-bond donors (Lipinski definition) is 1. The highest BCUT2D eigenvalue weighted by atomic mass is 79.9. The maximum Gasteiger partial charge on any atom is 0.106 e. The van der Waals surface area contributed by atoms with Gasteiger partial charge in [-0.25, -0.2) is 4.68 Å². The Kier molecular flexibility index (Phi) is 3.86. The molecule has 104 valence electrons. The molecule has 0 radical (unpaired) electrons. The van der Waals surface area contributed by atoms with Gasteiger partial charge in [-0.2, -0.15) is 5.10 Å². The zero-order valence-electron chi connectivity index (χ0n) is 11.0. The first-order valence-electron chi connectivity index (χ1n) is 6.35. The van der Waals surface area contributed by atoms with Crippen LogP contribution in [0, 0.1) is 0 Å². The lowest BCUT2D eigenvalue weighted by molar-refractivity contribution is 0.878. The molecule has 0 bridgehead atoms. The Morgan fingerprint density at radius 2 is 1.86 bits per heavy atom. The maximum atomic E-state index is 5.81. The molecule has 3 aromatic rings. The van der Waals surface area contributed by atoms with Gasteiger partial charge in [0.25, 0.3) is 0 Å². The second kappa shape index (κ2) is 5.79. The number of nitrogens with zero attached hydrogens (tertiary/aromatic N) is 2. The van der Waals surface area contributed by atoms with Crippen LogP contribution in [0.5, 0.6) is 0 Å². The summed E-state index contributed by atoms with van der Waals surface area (Å²) in [4.78, 5) is 0.350. The van der Waals surface area contributed by atoms with Crippen LogP contribution < -0.4 is 5.73 Å². The van der Waals surface area contributed by atoms with Crippen LogP contribution >= 0.6 is 28.1 Å². The Labute approximate surface area is 136 Å². The highest BCUT2D eigenvalue weighted by Gasteiger charge is 2.10. The van der Waals surface area contributed by atoms with Crippen LogP contribution in [0.25, 0.3) is 16.8 Å². The minimum atomic E-state index is 0.350. The number of thiocarbonyl (C=S) groups is 1. The molecule has 2 aromatic carbocycles. The van der Waals surface area contributed by atoms with E-state index in [2.05, 4.69) is 33.2 Å². The molecule has 0 saturated carbocycles. The van der Waals surface area contributed by atoms with Crippen molar-refractivity contribution in [2.75, 3.05) is 0 Å². The van der Waals surface area contributed by atoms with Crippen molar-refractivity contribution in [3.8, 4) is 16.8 Å². The van der Waals surface area contributed by atoms with Crippen molar-refractivity contribution in [2.45, 2.75) is 0 Å². The van der Waals surface area contributed by atoms with Crippen LogP contribution in [-0.4, -0.2) is 14.8 Å². The first-order valence-corrected chi connectivity index (χ1v) is 7.55. The highest BCUT2D eigenvalue weighted by molar-refractivity contribution is 9.10. The number of benzene rings is 2. The van der Waals surface area contributed by atoms with Crippen LogP contribution in [0.4, 0.5) is 0 Å². The Bertz CT molecular complexity index is 796. The van der Waals surface area contributed by atoms with Crippen LogP contribution in [0.3, 0.4) is 0 Å². The number of nitrogens with two attached hydrogens (primary N) is 1. The lowest BCUT2D eigenvalue weighted by atomic mass is 10.1. The van der Waals surface area contributed by atoms with Gasteiger partial charge in [0.1, 0.15) is 4.99 Å². The molecule has 0 aliphatic heterocycles. The van der Waals surface area contributed by atoms with Crippen LogP contribution in [0.15, 0.2) is 65.4 Å². The van der Waals surface area contributed by atoms with E-state index in [0.717, 1.165) is 26.9 Å². The Morgan fingerprint density at radius 3 is 2.57 bits per heavy atom. The Balaban J connectivity index is 2.07. The zero-order chi connectivity index (χ0) is 14.8. The standard InChI is InChI=1S/C16H12BrN3S/c17-13-6-7-15(14(8-13)16(18)21)20-10-12(9-19-20)11-4-2-1-3-5-11/h1-10H,(H2,18,21).